The molecule has 2 N–H and O–H groups in total. The first-order valence-corrected chi connectivity index (χ1v) is 9.27. The highest BCUT2D eigenvalue weighted by Gasteiger charge is 2.22. The lowest BCUT2D eigenvalue weighted by Gasteiger charge is -2.27. The van der Waals surface area contributed by atoms with E-state index in [0.717, 1.165) is 43.1 Å². The summed E-state index contributed by atoms with van der Waals surface area (Å²) in [5.41, 5.74) is 3.93. The predicted octanol–water partition coefficient (Wildman–Crippen LogP) is 2.53. The monoisotopic (exact) mass is 367 g/mol. The number of nitrogens with zero attached hydrogens (tertiary/aromatic N) is 3. The van der Waals surface area contributed by atoms with Crippen molar-refractivity contribution in [1.29, 1.82) is 0 Å². The van der Waals surface area contributed by atoms with Crippen LogP contribution >= 0.6 is 0 Å². The first kappa shape index (κ1) is 17.6. The summed E-state index contributed by atoms with van der Waals surface area (Å²) in [6, 6.07) is 8.09. The van der Waals surface area contributed by atoms with Gasteiger partial charge in [-0.2, -0.15) is 5.10 Å². The Morgan fingerprint density at radius 1 is 1.33 bits per heavy atom. The number of fused-ring (bicyclic) bond motifs is 2. The highest BCUT2D eigenvalue weighted by molar-refractivity contribution is 5.92. The summed E-state index contributed by atoms with van der Waals surface area (Å²) in [7, 11) is 1.69. The predicted molar refractivity (Wildman–Crippen MR) is 104 cm³/mol. The van der Waals surface area contributed by atoms with Crippen LogP contribution in [0.25, 0.3) is 10.9 Å². The van der Waals surface area contributed by atoms with Crippen LogP contribution in [0.3, 0.4) is 0 Å². The maximum atomic E-state index is 12.2. The number of hydrogen-bond donors (Lipinski definition) is 2. The third-order valence-electron chi connectivity index (χ3n) is 4.90. The molecule has 3 aromatic rings. The fraction of sp³-hybridized carbons (Fsp3) is 0.400. The number of benzene rings is 1. The van der Waals surface area contributed by atoms with Gasteiger partial charge in [-0.1, -0.05) is 0 Å². The molecule has 7 nitrogen and oxygen atoms in total. The quantitative estimate of drug-likeness (QED) is 0.727. The summed E-state index contributed by atoms with van der Waals surface area (Å²) in [6.07, 6.45) is 2.07. The molecule has 0 radical (unpaired) electrons. The van der Waals surface area contributed by atoms with Crippen molar-refractivity contribution in [2.45, 2.75) is 39.5 Å². The first-order chi connectivity index (χ1) is 13.0. The van der Waals surface area contributed by atoms with Crippen LogP contribution in [0.15, 0.2) is 30.5 Å². The van der Waals surface area contributed by atoms with Crippen LogP contribution in [0.4, 0.5) is 0 Å². The zero-order chi connectivity index (χ0) is 19.0. The molecule has 0 bridgehead atoms. The van der Waals surface area contributed by atoms with E-state index in [-0.39, 0.29) is 11.9 Å². The topological polar surface area (TPSA) is 75.2 Å². The molecule has 0 fully saturated rings. The van der Waals surface area contributed by atoms with Crippen molar-refractivity contribution < 1.29 is 9.53 Å². The number of methoxy groups -OCH3 is 1. The average molecular weight is 367 g/mol. The van der Waals surface area contributed by atoms with Gasteiger partial charge in [-0.3, -0.25) is 14.4 Å². The van der Waals surface area contributed by atoms with E-state index in [1.807, 2.05) is 36.7 Å². The smallest absolute Gasteiger partial charge is 0.271 e. The normalized spacial score (nSPS) is 14.5. The van der Waals surface area contributed by atoms with E-state index in [2.05, 4.69) is 32.6 Å². The van der Waals surface area contributed by atoms with Gasteiger partial charge in [0.2, 0.25) is 0 Å². The van der Waals surface area contributed by atoms with Gasteiger partial charge in [0, 0.05) is 42.8 Å². The molecule has 7 heteroatoms. The van der Waals surface area contributed by atoms with Crippen molar-refractivity contribution in [1.82, 2.24) is 25.0 Å². The van der Waals surface area contributed by atoms with Gasteiger partial charge < -0.3 is 15.0 Å². The van der Waals surface area contributed by atoms with Crippen molar-refractivity contribution in [2.75, 3.05) is 13.7 Å². The van der Waals surface area contributed by atoms with Gasteiger partial charge in [0.25, 0.3) is 5.91 Å². The van der Waals surface area contributed by atoms with Gasteiger partial charge in [0.05, 0.1) is 19.3 Å². The molecule has 0 unspecified atom stereocenters. The van der Waals surface area contributed by atoms with E-state index in [1.54, 1.807) is 7.11 Å². The third-order valence-corrected chi connectivity index (χ3v) is 4.90. The molecule has 1 aliphatic heterocycles. The Bertz CT molecular complexity index is 972. The van der Waals surface area contributed by atoms with Crippen LogP contribution in [0.2, 0.25) is 0 Å². The van der Waals surface area contributed by atoms with E-state index >= 15 is 0 Å². The fourth-order valence-corrected chi connectivity index (χ4v) is 3.56. The largest absolute Gasteiger partial charge is 0.497 e. The number of carbonyl (C=O) groups excluding carboxylic acids is 1. The minimum Gasteiger partial charge on any atom is -0.497 e. The second-order valence-electron chi connectivity index (χ2n) is 7.31. The van der Waals surface area contributed by atoms with E-state index in [9.17, 15) is 4.79 Å². The Balaban J connectivity index is 1.50. The molecule has 0 atom stereocenters. The van der Waals surface area contributed by atoms with Crippen LogP contribution in [0, 0.1) is 0 Å². The van der Waals surface area contributed by atoms with Crippen molar-refractivity contribution in [2.24, 2.45) is 0 Å². The summed E-state index contributed by atoms with van der Waals surface area (Å²) in [5, 5.41) is 8.55. The second-order valence-corrected chi connectivity index (χ2v) is 7.31. The van der Waals surface area contributed by atoms with Crippen molar-refractivity contribution in [3.8, 4) is 5.75 Å². The lowest BCUT2D eigenvalue weighted by atomic mass is 10.1. The highest BCUT2D eigenvalue weighted by Crippen LogP contribution is 2.26. The number of amides is 1. The molecule has 0 spiro atoms. The lowest BCUT2D eigenvalue weighted by Crippen LogP contribution is -2.33. The molecule has 3 heterocycles. The zero-order valence-electron chi connectivity index (χ0n) is 16.0. The van der Waals surface area contributed by atoms with Crippen molar-refractivity contribution in [3.05, 3.63) is 47.4 Å². The molecule has 1 amide bonds. The number of aromatic amines is 1. The van der Waals surface area contributed by atoms with Gasteiger partial charge in [-0.15, -0.1) is 0 Å². The lowest BCUT2D eigenvalue weighted by molar-refractivity contribution is 0.0937. The molecule has 4 rings (SSSR count). The number of ether oxygens (including phenoxy) is 1. The summed E-state index contributed by atoms with van der Waals surface area (Å²) < 4.78 is 7.31. The van der Waals surface area contributed by atoms with Crippen molar-refractivity contribution in [3.63, 3.8) is 0 Å². The average Bonchev–Trinajstić information content (AvgIpc) is 3.24. The van der Waals surface area contributed by atoms with Gasteiger partial charge in [-0.25, -0.2) is 0 Å². The van der Waals surface area contributed by atoms with Crippen LogP contribution in [0.5, 0.6) is 5.75 Å². The molecule has 1 aromatic carbocycles. The molecule has 1 aliphatic rings. The standard InChI is InChI=1S/C20H25N5O2/c1-13(2)22-20(26)19-8-15-12-24(6-7-25(15)23-19)11-14-10-21-18-5-4-16(27-3)9-17(14)18/h4-5,8-10,13,21H,6-7,11-12H2,1-3H3,(H,22,26). The summed E-state index contributed by atoms with van der Waals surface area (Å²) >= 11 is 0. The molecule has 0 aliphatic carbocycles. The maximum Gasteiger partial charge on any atom is 0.271 e. The number of aromatic nitrogens is 3. The minimum absolute atomic E-state index is 0.103. The second kappa shape index (κ2) is 7.08. The van der Waals surface area contributed by atoms with Gasteiger partial charge in [0.15, 0.2) is 5.69 Å². The van der Waals surface area contributed by atoms with Gasteiger partial charge in [0.1, 0.15) is 5.75 Å². The van der Waals surface area contributed by atoms with Crippen molar-refractivity contribution >= 4 is 16.8 Å². The summed E-state index contributed by atoms with van der Waals surface area (Å²) in [6.45, 7) is 7.20. The van der Waals surface area contributed by atoms with Crippen LogP contribution in [-0.2, 0) is 19.6 Å². The number of rotatable bonds is 5. The van der Waals surface area contributed by atoms with Gasteiger partial charge in [-0.05, 0) is 43.7 Å². The number of hydrogen-bond acceptors (Lipinski definition) is 4. The Morgan fingerprint density at radius 3 is 2.96 bits per heavy atom. The van der Waals surface area contributed by atoms with Crippen LogP contribution in [-0.4, -0.2) is 45.3 Å². The third kappa shape index (κ3) is 3.55. The highest BCUT2D eigenvalue weighted by atomic mass is 16.5. The van der Waals surface area contributed by atoms with E-state index in [1.165, 1.54) is 10.9 Å². The number of carbonyl (C=O) groups is 1. The Hall–Kier alpha value is -2.80. The van der Waals surface area contributed by atoms with E-state index < -0.39 is 0 Å². The van der Waals surface area contributed by atoms with Gasteiger partial charge >= 0.3 is 0 Å². The number of H-pyrrole nitrogens is 1. The summed E-state index contributed by atoms with van der Waals surface area (Å²) in [4.78, 5) is 17.9. The summed E-state index contributed by atoms with van der Waals surface area (Å²) in [5.74, 6) is 0.753. The molecule has 27 heavy (non-hydrogen) atoms. The zero-order valence-corrected chi connectivity index (χ0v) is 16.0. The molecule has 0 saturated carbocycles. The molecule has 142 valence electrons. The maximum absolute atomic E-state index is 12.2. The number of nitrogens with one attached hydrogen (secondary N) is 2. The van der Waals surface area contributed by atoms with Crippen LogP contribution in [0.1, 0.15) is 35.6 Å². The SMILES string of the molecule is COc1ccc2[nH]cc(CN3CCn4nc(C(=O)NC(C)C)cc4C3)c2c1. The molecule has 0 saturated heterocycles. The molecule has 2 aromatic heterocycles. The fourth-order valence-electron chi connectivity index (χ4n) is 3.56. The Morgan fingerprint density at radius 2 is 2.19 bits per heavy atom. The molecular formula is C20H25N5O2. The minimum atomic E-state index is -0.109. The van der Waals surface area contributed by atoms with Crippen LogP contribution < -0.4 is 10.1 Å². The Labute approximate surface area is 158 Å². The molecular weight excluding hydrogens is 342 g/mol. The Kier molecular flexibility index (Phi) is 4.61. The van der Waals surface area contributed by atoms with E-state index in [0.29, 0.717) is 5.69 Å². The first-order valence-electron chi connectivity index (χ1n) is 9.27. The van der Waals surface area contributed by atoms with E-state index in [4.69, 9.17) is 4.74 Å².